The lowest BCUT2D eigenvalue weighted by molar-refractivity contribution is 0.471. The maximum absolute atomic E-state index is 13.0. The van der Waals surface area contributed by atoms with Crippen molar-refractivity contribution >= 4 is 20.9 Å². The maximum atomic E-state index is 13.0. The van der Waals surface area contributed by atoms with E-state index in [0.717, 1.165) is 12.0 Å². The largest absolute Gasteiger partial charge is 0.347 e. The summed E-state index contributed by atoms with van der Waals surface area (Å²) in [5, 5.41) is 1.21. The van der Waals surface area contributed by atoms with Crippen molar-refractivity contribution in [2.75, 3.05) is 13.1 Å². The molecule has 5 heteroatoms. The first kappa shape index (κ1) is 16.4. The summed E-state index contributed by atoms with van der Waals surface area (Å²) in [6.07, 6.45) is 0.856. The van der Waals surface area contributed by atoms with Gasteiger partial charge in [0.25, 0.3) is 0 Å². The van der Waals surface area contributed by atoms with Crippen LogP contribution in [0, 0.1) is 6.92 Å². The number of aromatic nitrogens is 1. The molecule has 0 aliphatic carbocycles. The van der Waals surface area contributed by atoms with Crippen LogP contribution in [0.5, 0.6) is 0 Å². The van der Waals surface area contributed by atoms with Crippen LogP contribution in [0.2, 0.25) is 0 Å². The minimum Gasteiger partial charge on any atom is -0.347 e. The second-order valence-electron chi connectivity index (χ2n) is 6.80. The van der Waals surface area contributed by atoms with E-state index in [1.807, 2.05) is 31.2 Å². The number of nitrogens with zero attached hydrogens (tertiary/aromatic N) is 2. The van der Waals surface area contributed by atoms with E-state index in [2.05, 4.69) is 29.8 Å². The van der Waals surface area contributed by atoms with Gasteiger partial charge in [0.05, 0.1) is 4.90 Å². The predicted octanol–water partition coefficient (Wildman–Crippen LogP) is 3.66. The number of sulfonamides is 1. The van der Waals surface area contributed by atoms with Gasteiger partial charge in [0.15, 0.2) is 0 Å². The summed E-state index contributed by atoms with van der Waals surface area (Å²) in [6.45, 7) is 2.97. The number of hydrogen-bond donors (Lipinski definition) is 0. The van der Waals surface area contributed by atoms with Crippen LogP contribution in [0.15, 0.2) is 59.5 Å². The van der Waals surface area contributed by atoms with Gasteiger partial charge in [-0.25, -0.2) is 8.42 Å². The van der Waals surface area contributed by atoms with Crippen molar-refractivity contribution in [3.05, 3.63) is 65.9 Å². The number of para-hydroxylation sites is 1. The third kappa shape index (κ3) is 2.68. The highest BCUT2D eigenvalue weighted by atomic mass is 32.2. The zero-order chi connectivity index (χ0) is 17.6. The van der Waals surface area contributed by atoms with Crippen LogP contribution in [0.4, 0.5) is 0 Å². The first-order valence-corrected chi connectivity index (χ1v) is 10.0. The Labute approximate surface area is 148 Å². The van der Waals surface area contributed by atoms with Gasteiger partial charge in [-0.3, -0.25) is 0 Å². The van der Waals surface area contributed by atoms with E-state index in [1.54, 1.807) is 16.4 Å². The van der Waals surface area contributed by atoms with E-state index in [9.17, 15) is 8.42 Å². The van der Waals surface area contributed by atoms with Gasteiger partial charge >= 0.3 is 0 Å². The molecular weight excluding hydrogens is 332 g/mol. The molecular formula is C20H22N2O2S. The molecule has 1 aromatic heterocycles. The fourth-order valence-corrected chi connectivity index (χ4v) is 5.60. The number of rotatable bonds is 3. The lowest BCUT2D eigenvalue weighted by atomic mass is 10.1. The van der Waals surface area contributed by atoms with Gasteiger partial charge in [-0.1, -0.05) is 36.4 Å². The predicted molar refractivity (Wildman–Crippen MR) is 100 cm³/mol. The van der Waals surface area contributed by atoms with Gasteiger partial charge in [-0.2, -0.15) is 4.31 Å². The Morgan fingerprint density at radius 1 is 1.04 bits per heavy atom. The molecule has 0 spiro atoms. The van der Waals surface area contributed by atoms with Crippen molar-refractivity contribution in [2.45, 2.75) is 24.2 Å². The molecule has 2 aromatic carbocycles. The van der Waals surface area contributed by atoms with E-state index in [0.29, 0.717) is 18.0 Å². The van der Waals surface area contributed by atoms with E-state index < -0.39 is 10.0 Å². The Bertz CT molecular complexity index is 1040. The molecule has 1 saturated heterocycles. The number of hydrogen-bond acceptors (Lipinski definition) is 2. The summed E-state index contributed by atoms with van der Waals surface area (Å²) in [4.78, 5) is 0.424. The van der Waals surface area contributed by atoms with Crippen LogP contribution in [-0.4, -0.2) is 30.4 Å². The molecule has 0 amide bonds. The van der Waals surface area contributed by atoms with Gasteiger partial charge in [-0.15, -0.1) is 0 Å². The van der Waals surface area contributed by atoms with Gasteiger partial charge in [0.2, 0.25) is 10.0 Å². The van der Waals surface area contributed by atoms with Crippen LogP contribution in [0.3, 0.4) is 0 Å². The number of aryl methyl sites for hydroxylation is 2. The molecule has 1 unspecified atom stereocenters. The molecule has 1 fully saturated rings. The van der Waals surface area contributed by atoms with Crippen molar-refractivity contribution in [1.82, 2.24) is 8.87 Å². The lowest BCUT2D eigenvalue weighted by Gasteiger charge is -2.18. The topological polar surface area (TPSA) is 42.3 Å². The molecule has 3 aromatic rings. The third-order valence-electron chi connectivity index (χ3n) is 5.27. The molecule has 1 atom stereocenters. The Morgan fingerprint density at radius 2 is 1.76 bits per heavy atom. The summed E-state index contributed by atoms with van der Waals surface area (Å²) in [7, 11) is -1.36. The van der Waals surface area contributed by atoms with Crippen molar-refractivity contribution in [1.29, 1.82) is 0 Å². The Balaban J connectivity index is 1.65. The highest BCUT2D eigenvalue weighted by molar-refractivity contribution is 7.89. The van der Waals surface area contributed by atoms with E-state index in [4.69, 9.17) is 0 Å². The second kappa shape index (κ2) is 6.00. The molecule has 1 aliphatic rings. The fourth-order valence-electron chi connectivity index (χ4n) is 3.87. The summed E-state index contributed by atoms with van der Waals surface area (Å²) >= 11 is 0. The van der Waals surface area contributed by atoms with Gasteiger partial charge in [0, 0.05) is 37.3 Å². The van der Waals surface area contributed by atoms with Crippen molar-refractivity contribution in [3.63, 3.8) is 0 Å². The first-order chi connectivity index (χ1) is 12.0. The van der Waals surface area contributed by atoms with Gasteiger partial charge < -0.3 is 4.57 Å². The molecule has 1 aliphatic heterocycles. The van der Waals surface area contributed by atoms with Crippen LogP contribution in [0.25, 0.3) is 10.9 Å². The Hall–Kier alpha value is -2.11. The maximum Gasteiger partial charge on any atom is 0.243 e. The molecule has 0 N–H and O–H groups in total. The molecule has 0 saturated carbocycles. The van der Waals surface area contributed by atoms with Crippen LogP contribution in [0.1, 0.15) is 23.6 Å². The zero-order valence-electron chi connectivity index (χ0n) is 14.5. The molecule has 25 heavy (non-hydrogen) atoms. The average Bonchev–Trinajstić information content (AvgIpc) is 3.21. The highest BCUT2D eigenvalue weighted by Gasteiger charge is 2.35. The smallest absolute Gasteiger partial charge is 0.243 e. The normalized spacial score (nSPS) is 18.9. The van der Waals surface area contributed by atoms with Crippen LogP contribution < -0.4 is 0 Å². The van der Waals surface area contributed by atoms with Crippen LogP contribution >= 0.6 is 0 Å². The van der Waals surface area contributed by atoms with Crippen molar-refractivity contribution in [3.8, 4) is 0 Å². The first-order valence-electron chi connectivity index (χ1n) is 8.58. The Morgan fingerprint density at radius 3 is 2.52 bits per heavy atom. The number of fused-ring (bicyclic) bond motifs is 1. The van der Waals surface area contributed by atoms with E-state index in [-0.39, 0.29) is 5.92 Å². The minimum atomic E-state index is -3.43. The molecule has 130 valence electrons. The Kier molecular flexibility index (Phi) is 3.93. The van der Waals surface area contributed by atoms with Crippen molar-refractivity contribution < 1.29 is 8.42 Å². The van der Waals surface area contributed by atoms with E-state index in [1.165, 1.54) is 16.6 Å². The summed E-state index contributed by atoms with van der Waals surface area (Å²) < 4.78 is 29.9. The SMILES string of the molecule is Cc1ccccc1S(=O)(=O)N1CCC(c2cc3ccccc3n2C)C1. The molecule has 4 rings (SSSR count). The average molecular weight is 354 g/mol. The van der Waals surface area contributed by atoms with Gasteiger partial charge in [-0.05, 0) is 42.5 Å². The zero-order valence-corrected chi connectivity index (χ0v) is 15.3. The molecule has 0 radical (unpaired) electrons. The minimum absolute atomic E-state index is 0.233. The highest BCUT2D eigenvalue weighted by Crippen LogP contribution is 2.34. The second-order valence-corrected chi connectivity index (χ2v) is 8.71. The number of benzene rings is 2. The monoisotopic (exact) mass is 354 g/mol. The summed E-state index contributed by atoms with van der Waals surface area (Å²) in [6, 6.07) is 17.7. The van der Waals surface area contributed by atoms with Crippen molar-refractivity contribution in [2.24, 2.45) is 7.05 Å². The summed E-state index contributed by atoms with van der Waals surface area (Å²) in [5.74, 6) is 0.233. The van der Waals surface area contributed by atoms with E-state index >= 15 is 0 Å². The third-order valence-corrected chi connectivity index (χ3v) is 7.29. The fraction of sp³-hybridized carbons (Fsp3) is 0.300. The molecule has 2 heterocycles. The standard InChI is InChI=1S/C20H22N2O2S/c1-15-7-3-6-10-20(15)25(23,24)22-12-11-17(14-22)19-13-16-8-4-5-9-18(16)21(19)2/h3-10,13,17H,11-12,14H2,1-2H3. The molecule has 0 bridgehead atoms. The lowest BCUT2D eigenvalue weighted by Crippen LogP contribution is -2.29. The summed E-state index contributed by atoms with van der Waals surface area (Å²) in [5.41, 5.74) is 3.21. The molecule has 4 nitrogen and oxygen atoms in total. The van der Waals surface area contributed by atoms with Crippen LogP contribution in [-0.2, 0) is 17.1 Å². The quantitative estimate of drug-likeness (QED) is 0.720. The van der Waals surface area contributed by atoms with Gasteiger partial charge in [0.1, 0.15) is 0 Å².